The van der Waals surface area contributed by atoms with Gasteiger partial charge in [0.2, 0.25) is 0 Å². The molecular weight excluding hydrogens is 280 g/mol. The second kappa shape index (κ2) is 9.25. The third-order valence-electron chi connectivity index (χ3n) is 4.44. The Kier molecular flexibility index (Phi) is 7.32. The summed E-state index contributed by atoms with van der Waals surface area (Å²) in [5.41, 5.74) is 2.55. The highest BCUT2D eigenvalue weighted by molar-refractivity contribution is 5.21. The van der Waals surface area contributed by atoms with E-state index in [9.17, 15) is 0 Å². The molecule has 6 heteroatoms. The number of likely N-dealkylation sites (N-methyl/N-ethyl adjacent to an activating group) is 2. The van der Waals surface area contributed by atoms with Gasteiger partial charge in [0.15, 0.2) is 0 Å². The molecule has 0 unspecified atom stereocenters. The number of aliphatic hydroxyl groups is 1. The van der Waals surface area contributed by atoms with Gasteiger partial charge >= 0.3 is 0 Å². The minimum Gasteiger partial charge on any atom is -0.394 e. The number of aromatic amines is 1. The number of nitrogens with one attached hydrogen (secondary N) is 2. The average molecular weight is 310 g/mol. The second-order valence-corrected chi connectivity index (χ2v) is 6.21. The van der Waals surface area contributed by atoms with Gasteiger partial charge in [0.05, 0.1) is 25.0 Å². The zero-order valence-electron chi connectivity index (χ0n) is 13.8. The maximum atomic E-state index is 8.83. The molecule has 0 aromatic carbocycles. The van der Waals surface area contributed by atoms with Crippen LogP contribution in [0.25, 0.3) is 0 Å². The molecule has 1 aliphatic rings. The highest BCUT2D eigenvalue weighted by atomic mass is 16.5. The van der Waals surface area contributed by atoms with Gasteiger partial charge in [0, 0.05) is 37.3 Å². The quantitative estimate of drug-likeness (QED) is 0.637. The van der Waals surface area contributed by atoms with Crippen molar-refractivity contribution in [3.8, 4) is 0 Å². The number of ether oxygens (including phenoxy) is 1. The van der Waals surface area contributed by atoms with Crippen LogP contribution in [0.5, 0.6) is 0 Å². The third-order valence-corrected chi connectivity index (χ3v) is 4.44. The predicted molar refractivity (Wildman–Crippen MR) is 86.9 cm³/mol. The molecule has 1 saturated carbocycles. The summed E-state index contributed by atoms with van der Waals surface area (Å²) >= 11 is 0. The maximum absolute atomic E-state index is 8.83. The van der Waals surface area contributed by atoms with Gasteiger partial charge in [-0.05, 0) is 39.8 Å². The first kappa shape index (κ1) is 17.4. The van der Waals surface area contributed by atoms with E-state index in [0.717, 1.165) is 45.3 Å². The van der Waals surface area contributed by atoms with E-state index < -0.39 is 0 Å². The normalized spacial score (nSPS) is 22.4. The molecule has 1 aromatic heterocycles. The zero-order valence-corrected chi connectivity index (χ0v) is 13.8. The first-order chi connectivity index (χ1) is 10.7. The standard InChI is InChI=1S/C16H30N4O2/c1-17-7-8-20(2)12-14-11-18-19-16(14)13-3-5-15(6-4-13)22-10-9-21/h11,13,15,17,21H,3-10,12H2,1-2H3,(H,18,19). The monoisotopic (exact) mass is 310 g/mol. The van der Waals surface area contributed by atoms with Crippen molar-refractivity contribution in [1.82, 2.24) is 20.4 Å². The number of aliphatic hydroxyl groups excluding tert-OH is 1. The lowest BCUT2D eigenvalue weighted by atomic mass is 9.84. The Hall–Kier alpha value is -0.950. The molecule has 3 N–H and O–H groups in total. The summed E-state index contributed by atoms with van der Waals surface area (Å²) in [6.07, 6.45) is 6.71. The van der Waals surface area contributed by atoms with E-state index in [2.05, 4.69) is 27.5 Å². The zero-order chi connectivity index (χ0) is 15.8. The van der Waals surface area contributed by atoms with Crippen LogP contribution in [0.15, 0.2) is 6.20 Å². The van der Waals surface area contributed by atoms with E-state index in [1.54, 1.807) is 0 Å². The van der Waals surface area contributed by atoms with E-state index >= 15 is 0 Å². The van der Waals surface area contributed by atoms with E-state index in [4.69, 9.17) is 9.84 Å². The van der Waals surface area contributed by atoms with Crippen LogP contribution < -0.4 is 5.32 Å². The molecule has 6 nitrogen and oxygen atoms in total. The van der Waals surface area contributed by atoms with E-state index in [0.29, 0.717) is 18.6 Å². The van der Waals surface area contributed by atoms with Gasteiger partial charge < -0.3 is 20.1 Å². The molecule has 22 heavy (non-hydrogen) atoms. The van der Waals surface area contributed by atoms with Gasteiger partial charge in [-0.2, -0.15) is 5.10 Å². The van der Waals surface area contributed by atoms with Crippen LogP contribution in [0.2, 0.25) is 0 Å². The molecule has 1 aliphatic carbocycles. The lowest BCUT2D eigenvalue weighted by molar-refractivity contribution is 0.00554. The van der Waals surface area contributed by atoms with Crippen LogP contribution in [0.4, 0.5) is 0 Å². The Labute approximate surface area is 133 Å². The summed E-state index contributed by atoms with van der Waals surface area (Å²) in [7, 11) is 4.13. The molecule has 1 aromatic rings. The molecule has 0 radical (unpaired) electrons. The smallest absolute Gasteiger partial charge is 0.0701 e. The fourth-order valence-electron chi connectivity index (χ4n) is 3.20. The fraction of sp³-hybridized carbons (Fsp3) is 0.812. The molecule has 0 spiro atoms. The number of rotatable bonds is 9. The molecular formula is C16H30N4O2. The summed E-state index contributed by atoms with van der Waals surface area (Å²) in [6.45, 7) is 3.54. The number of nitrogens with zero attached hydrogens (tertiary/aromatic N) is 2. The largest absolute Gasteiger partial charge is 0.394 e. The summed E-state index contributed by atoms with van der Waals surface area (Å²) in [6, 6.07) is 0. The number of H-pyrrole nitrogens is 1. The van der Waals surface area contributed by atoms with Crippen molar-refractivity contribution in [2.75, 3.05) is 40.4 Å². The van der Waals surface area contributed by atoms with Gasteiger partial charge in [-0.3, -0.25) is 5.10 Å². The van der Waals surface area contributed by atoms with Crippen LogP contribution in [0.3, 0.4) is 0 Å². The first-order valence-corrected chi connectivity index (χ1v) is 8.32. The molecule has 0 aliphatic heterocycles. The van der Waals surface area contributed by atoms with Crippen molar-refractivity contribution >= 4 is 0 Å². The topological polar surface area (TPSA) is 73.4 Å². The Morgan fingerprint density at radius 1 is 1.41 bits per heavy atom. The maximum Gasteiger partial charge on any atom is 0.0701 e. The van der Waals surface area contributed by atoms with Gasteiger partial charge in [0.25, 0.3) is 0 Å². The van der Waals surface area contributed by atoms with Crippen LogP contribution in [0.1, 0.15) is 42.9 Å². The number of hydrogen-bond donors (Lipinski definition) is 3. The van der Waals surface area contributed by atoms with Gasteiger partial charge in [0.1, 0.15) is 0 Å². The van der Waals surface area contributed by atoms with Gasteiger partial charge in [-0.15, -0.1) is 0 Å². The van der Waals surface area contributed by atoms with Crippen molar-refractivity contribution < 1.29 is 9.84 Å². The SMILES string of the molecule is CNCCN(C)Cc1c[nH]nc1C1CCC(OCCO)CC1. The molecule has 0 bridgehead atoms. The van der Waals surface area contributed by atoms with E-state index in [1.807, 2.05) is 13.2 Å². The summed E-state index contributed by atoms with van der Waals surface area (Å²) in [5, 5.41) is 19.6. The van der Waals surface area contributed by atoms with Crippen molar-refractivity contribution in [2.24, 2.45) is 0 Å². The van der Waals surface area contributed by atoms with Crippen molar-refractivity contribution in [3.63, 3.8) is 0 Å². The highest BCUT2D eigenvalue weighted by Gasteiger charge is 2.26. The molecule has 0 amide bonds. The molecule has 126 valence electrons. The van der Waals surface area contributed by atoms with Crippen LogP contribution in [-0.2, 0) is 11.3 Å². The molecule has 1 fully saturated rings. The summed E-state index contributed by atoms with van der Waals surface area (Å²) in [5.74, 6) is 0.535. The van der Waals surface area contributed by atoms with Gasteiger partial charge in [-0.25, -0.2) is 0 Å². The second-order valence-electron chi connectivity index (χ2n) is 6.21. The van der Waals surface area contributed by atoms with E-state index in [1.165, 1.54) is 11.3 Å². The van der Waals surface area contributed by atoms with Crippen molar-refractivity contribution in [2.45, 2.75) is 44.2 Å². The Balaban J connectivity index is 1.85. The highest BCUT2D eigenvalue weighted by Crippen LogP contribution is 2.34. The minimum atomic E-state index is 0.113. The lowest BCUT2D eigenvalue weighted by Gasteiger charge is -2.28. The van der Waals surface area contributed by atoms with Crippen LogP contribution in [-0.4, -0.2) is 66.7 Å². The Morgan fingerprint density at radius 2 is 2.18 bits per heavy atom. The van der Waals surface area contributed by atoms with E-state index in [-0.39, 0.29) is 6.61 Å². The molecule has 1 heterocycles. The Bertz CT molecular complexity index is 416. The van der Waals surface area contributed by atoms with Crippen molar-refractivity contribution in [1.29, 1.82) is 0 Å². The van der Waals surface area contributed by atoms with Gasteiger partial charge in [-0.1, -0.05) is 0 Å². The van der Waals surface area contributed by atoms with Crippen LogP contribution >= 0.6 is 0 Å². The Morgan fingerprint density at radius 3 is 2.86 bits per heavy atom. The number of hydrogen-bond acceptors (Lipinski definition) is 5. The fourth-order valence-corrected chi connectivity index (χ4v) is 3.20. The van der Waals surface area contributed by atoms with Crippen LogP contribution in [0, 0.1) is 0 Å². The number of aromatic nitrogens is 2. The first-order valence-electron chi connectivity index (χ1n) is 8.32. The minimum absolute atomic E-state index is 0.113. The molecule has 0 saturated heterocycles. The summed E-state index contributed by atoms with van der Waals surface area (Å²) in [4.78, 5) is 2.32. The molecule has 2 rings (SSSR count). The molecule has 0 atom stereocenters. The summed E-state index contributed by atoms with van der Waals surface area (Å²) < 4.78 is 5.64. The lowest BCUT2D eigenvalue weighted by Crippen LogP contribution is -2.27. The van der Waals surface area contributed by atoms with Crippen molar-refractivity contribution in [3.05, 3.63) is 17.5 Å². The third kappa shape index (κ3) is 5.05. The predicted octanol–water partition coefficient (Wildman–Crippen LogP) is 1.10. The average Bonchev–Trinajstić information content (AvgIpc) is 2.99.